The SMILES string of the molecule is C[C@H](C(=O)NC1CCCCC1)N(Cc1c(Cl)cccc1Cl)C(=O)CN(c1cccc(F)c1)S(C)(=O)=O. The number of amides is 2. The molecule has 11 heteroatoms. The lowest BCUT2D eigenvalue weighted by Crippen LogP contribution is -2.53. The second-order valence-corrected chi connectivity index (χ2v) is 11.7. The van der Waals surface area contributed by atoms with Crippen LogP contribution in [0, 0.1) is 5.82 Å². The number of benzene rings is 2. The fourth-order valence-corrected chi connectivity index (χ4v) is 5.61. The molecule has 196 valence electrons. The molecule has 0 saturated heterocycles. The summed E-state index contributed by atoms with van der Waals surface area (Å²) in [4.78, 5) is 28.0. The highest BCUT2D eigenvalue weighted by atomic mass is 35.5. The van der Waals surface area contributed by atoms with E-state index in [1.54, 1.807) is 25.1 Å². The quantitative estimate of drug-likeness (QED) is 0.481. The molecule has 2 aromatic rings. The van der Waals surface area contributed by atoms with Gasteiger partial charge in [-0.1, -0.05) is 54.6 Å². The summed E-state index contributed by atoms with van der Waals surface area (Å²) in [6, 6.07) is 8.93. The molecule has 1 fully saturated rings. The molecule has 1 saturated carbocycles. The Balaban J connectivity index is 1.91. The Morgan fingerprint density at radius 3 is 2.28 bits per heavy atom. The summed E-state index contributed by atoms with van der Waals surface area (Å²) in [5.74, 6) is -1.66. The highest BCUT2D eigenvalue weighted by molar-refractivity contribution is 7.92. The molecule has 0 spiro atoms. The van der Waals surface area contributed by atoms with Crippen molar-refractivity contribution < 1.29 is 22.4 Å². The van der Waals surface area contributed by atoms with Crippen LogP contribution in [-0.4, -0.2) is 50.0 Å². The van der Waals surface area contributed by atoms with Crippen LogP contribution < -0.4 is 9.62 Å². The lowest BCUT2D eigenvalue weighted by Gasteiger charge is -2.33. The van der Waals surface area contributed by atoms with E-state index in [-0.39, 0.29) is 24.2 Å². The molecule has 36 heavy (non-hydrogen) atoms. The van der Waals surface area contributed by atoms with Crippen molar-refractivity contribution in [2.45, 2.75) is 57.7 Å². The Labute approximate surface area is 221 Å². The summed E-state index contributed by atoms with van der Waals surface area (Å²) in [6.07, 6.45) is 5.83. The molecule has 0 unspecified atom stereocenters. The summed E-state index contributed by atoms with van der Waals surface area (Å²) in [7, 11) is -3.95. The molecular weight excluding hydrogens is 528 g/mol. The molecule has 1 atom stereocenters. The molecule has 0 radical (unpaired) electrons. The second kappa shape index (κ2) is 12.3. The third kappa shape index (κ3) is 7.33. The molecule has 3 rings (SSSR count). The summed E-state index contributed by atoms with van der Waals surface area (Å²) < 4.78 is 39.7. The molecule has 2 aromatic carbocycles. The Morgan fingerprint density at radius 2 is 1.69 bits per heavy atom. The van der Waals surface area contributed by atoms with Gasteiger partial charge in [0.1, 0.15) is 18.4 Å². The van der Waals surface area contributed by atoms with Gasteiger partial charge in [0.15, 0.2) is 0 Å². The summed E-state index contributed by atoms with van der Waals surface area (Å²) in [6.45, 7) is 0.830. The fourth-order valence-electron chi connectivity index (χ4n) is 4.25. The summed E-state index contributed by atoms with van der Waals surface area (Å²) >= 11 is 12.7. The minimum atomic E-state index is -3.95. The van der Waals surface area contributed by atoms with Crippen molar-refractivity contribution >= 4 is 50.7 Å². The van der Waals surface area contributed by atoms with E-state index < -0.39 is 34.3 Å². The van der Waals surface area contributed by atoms with E-state index in [0.717, 1.165) is 48.7 Å². The van der Waals surface area contributed by atoms with Gasteiger partial charge in [-0.3, -0.25) is 13.9 Å². The van der Waals surface area contributed by atoms with E-state index in [1.165, 1.54) is 23.1 Å². The zero-order valence-electron chi connectivity index (χ0n) is 20.2. The molecule has 1 aliphatic carbocycles. The van der Waals surface area contributed by atoms with Gasteiger partial charge < -0.3 is 10.2 Å². The van der Waals surface area contributed by atoms with Gasteiger partial charge in [-0.25, -0.2) is 12.8 Å². The fraction of sp³-hybridized carbons (Fsp3) is 0.440. The molecule has 0 aliphatic heterocycles. The minimum absolute atomic E-state index is 0.000820. The maximum absolute atomic E-state index is 13.8. The maximum atomic E-state index is 13.8. The third-order valence-corrected chi connectivity index (χ3v) is 8.13. The number of carbonyl (C=O) groups is 2. The van der Waals surface area contributed by atoms with Crippen molar-refractivity contribution in [2.24, 2.45) is 0 Å². The van der Waals surface area contributed by atoms with Gasteiger partial charge in [-0.15, -0.1) is 0 Å². The molecule has 0 aromatic heterocycles. The number of carbonyl (C=O) groups excluding carboxylic acids is 2. The molecular formula is C25H30Cl2FN3O4S. The van der Waals surface area contributed by atoms with Crippen molar-refractivity contribution in [2.75, 3.05) is 17.1 Å². The van der Waals surface area contributed by atoms with Gasteiger partial charge in [0.05, 0.1) is 11.9 Å². The van der Waals surface area contributed by atoms with Crippen LogP contribution in [0.15, 0.2) is 42.5 Å². The van der Waals surface area contributed by atoms with Crippen LogP contribution in [0.25, 0.3) is 0 Å². The van der Waals surface area contributed by atoms with Gasteiger partial charge in [-0.2, -0.15) is 0 Å². The topological polar surface area (TPSA) is 86.8 Å². The molecule has 1 N–H and O–H groups in total. The van der Waals surface area contributed by atoms with Crippen molar-refractivity contribution in [3.63, 3.8) is 0 Å². The monoisotopic (exact) mass is 557 g/mol. The predicted octanol–water partition coefficient (Wildman–Crippen LogP) is 4.76. The van der Waals surface area contributed by atoms with Crippen LogP contribution in [0.3, 0.4) is 0 Å². The lowest BCUT2D eigenvalue weighted by atomic mass is 9.95. The first kappa shape index (κ1) is 28.2. The van der Waals surface area contributed by atoms with Crippen LogP contribution in [0.1, 0.15) is 44.6 Å². The number of hydrogen-bond donors (Lipinski definition) is 1. The van der Waals surface area contributed by atoms with Crippen LogP contribution in [0.4, 0.5) is 10.1 Å². The van der Waals surface area contributed by atoms with Gasteiger partial charge in [-0.05, 0) is 50.1 Å². The average Bonchev–Trinajstić information content (AvgIpc) is 2.81. The molecule has 0 heterocycles. The summed E-state index contributed by atoms with van der Waals surface area (Å²) in [5.41, 5.74) is 0.434. The Bertz CT molecular complexity index is 1190. The number of rotatable bonds is 9. The first-order valence-electron chi connectivity index (χ1n) is 11.7. The molecule has 7 nitrogen and oxygen atoms in total. The number of nitrogens with zero attached hydrogens (tertiary/aromatic N) is 2. The highest BCUT2D eigenvalue weighted by Crippen LogP contribution is 2.27. The molecule has 2 amide bonds. The molecule has 0 bridgehead atoms. The molecule has 1 aliphatic rings. The maximum Gasteiger partial charge on any atom is 0.244 e. The highest BCUT2D eigenvalue weighted by Gasteiger charge is 2.32. The number of halogens is 3. The zero-order chi connectivity index (χ0) is 26.5. The standard InChI is InChI=1S/C25H30Cl2FN3O4S/c1-17(25(33)29-19-9-4-3-5-10-19)30(15-21-22(26)12-7-13-23(21)27)24(32)16-31(36(2,34)35)20-11-6-8-18(28)14-20/h6-8,11-14,17,19H,3-5,9-10,15-16H2,1-2H3,(H,29,33)/t17-/m1/s1. The van der Waals surface area contributed by atoms with Crippen molar-refractivity contribution in [1.82, 2.24) is 10.2 Å². The van der Waals surface area contributed by atoms with E-state index >= 15 is 0 Å². The smallest absolute Gasteiger partial charge is 0.244 e. The van der Waals surface area contributed by atoms with E-state index in [1.807, 2.05) is 0 Å². The Kier molecular flexibility index (Phi) is 9.60. The Hall–Kier alpha value is -2.36. The van der Waals surface area contributed by atoms with Crippen LogP contribution in [0.2, 0.25) is 10.0 Å². The van der Waals surface area contributed by atoms with Crippen LogP contribution in [0.5, 0.6) is 0 Å². The normalized spacial score (nSPS) is 15.2. The van der Waals surface area contributed by atoms with Gasteiger partial charge in [0.25, 0.3) is 0 Å². The predicted molar refractivity (Wildman–Crippen MR) is 140 cm³/mol. The Morgan fingerprint density at radius 1 is 1.08 bits per heavy atom. The zero-order valence-corrected chi connectivity index (χ0v) is 22.5. The van der Waals surface area contributed by atoms with Crippen molar-refractivity contribution in [1.29, 1.82) is 0 Å². The van der Waals surface area contributed by atoms with Crippen LogP contribution >= 0.6 is 23.2 Å². The van der Waals surface area contributed by atoms with E-state index in [2.05, 4.69) is 5.32 Å². The van der Waals surface area contributed by atoms with E-state index in [0.29, 0.717) is 15.6 Å². The first-order valence-corrected chi connectivity index (χ1v) is 14.3. The van der Waals surface area contributed by atoms with E-state index in [4.69, 9.17) is 23.2 Å². The summed E-state index contributed by atoms with van der Waals surface area (Å²) in [5, 5.41) is 3.63. The average molecular weight is 559 g/mol. The minimum Gasteiger partial charge on any atom is -0.352 e. The van der Waals surface area contributed by atoms with Gasteiger partial charge >= 0.3 is 0 Å². The number of sulfonamides is 1. The third-order valence-electron chi connectivity index (χ3n) is 6.28. The number of nitrogens with one attached hydrogen (secondary N) is 1. The second-order valence-electron chi connectivity index (χ2n) is 8.99. The first-order chi connectivity index (χ1) is 17.0. The number of anilines is 1. The largest absolute Gasteiger partial charge is 0.352 e. The van der Waals surface area contributed by atoms with E-state index in [9.17, 15) is 22.4 Å². The van der Waals surface area contributed by atoms with Crippen molar-refractivity contribution in [3.05, 3.63) is 63.9 Å². The van der Waals surface area contributed by atoms with Crippen molar-refractivity contribution in [3.8, 4) is 0 Å². The van der Waals surface area contributed by atoms with Gasteiger partial charge in [0.2, 0.25) is 21.8 Å². The van der Waals surface area contributed by atoms with Gasteiger partial charge in [0, 0.05) is 28.2 Å². The lowest BCUT2D eigenvalue weighted by molar-refractivity contribution is -0.139. The van der Waals surface area contributed by atoms with Crippen LogP contribution in [-0.2, 0) is 26.2 Å². The number of hydrogen-bond acceptors (Lipinski definition) is 4.